The zero-order valence-electron chi connectivity index (χ0n) is 25.6. The Bertz CT molecular complexity index is 1460. The van der Waals surface area contributed by atoms with Gasteiger partial charge in [-0.3, -0.25) is 19.4 Å². The number of amides is 1. The van der Waals surface area contributed by atoms with Crippen molar-refractivity contribution in [2.24, 2.45) is 0 Å². The van der Waals surface area contributed by atoms with E-state index >= 15 is 0 Å². The van der Waals surface area contributed by atoms with Crippen LogP contribution in [0.5, 0.6) is 0 Å². The summed E-state index contributed by atoms with van der Waals surface area (Å²) in [7, 11) is -1.42. The molecule has 11 nitrogen and oxygen atoms in total. The van der Waals surface area contributed by atoms with Crippen molar-refractivity contribution in [3.8, 4) is 0 Å². The second-order valence-corrected chi connectivity index (χ2v) is 16.9. The number of piperidine rings is 2. The van der Waals surface area contributed by atoms with E-state index < -0.39 is 26.1 Å². The number of benzene rings is 1. The number of likely N-dealkylation sites (N-methyl/N-ethyl adjacent to an activating group) is 1. The normalized spacial score (nSPS) is 27.4. The minimum Gasteiger partial charge on any atom is -0.349 e. The summed E-state index contributed by atoms with van der Waals surface area (Å²) in [5.74, 6) is -0.453. The number of ketones is 1. The number of rotatable bonds is 10. The molecular weight excluding hydrogens is 590 g/mol. The zero-order valence-corrected chi connectivity index (χ0v) is 27.2. The number of Topliss-reactive ketones (excluding diaryl/α,β-unsaturated/α-hetero) is 1. The quantitative estimate of drug-likeness (QED) is 0.383. The minimum absolute atomic E-state index is 0.0300. The number of nitrogens with one attached hydrogen (secondary N) is 1. The predicted octanol–water partition coefficient (Wildman–Crippen LogP) is 1.44. The van der Waals surface area contributed by atoms with Crippen molar-refractivity contribution < 1.29 is 26.4 Å². The van der Waals surface area contributed by atoms with Gasteiger partial charge in [0.25, 0.3) is 5.91 Å². The van der Waals surface area contributed by atoms with Crippen LogP contribution in [0.1, 0.15) is 62.1 Å². The van der Waals surface area contributed by atoms with Gasteiger partial charge < -0.3 is 5.32 Å². The molecule has 0 spiro atoms. The number of nitrogens with zero attached hydrogens (tertiary/aromatic N) is 4. The minimum atomic E-state index is -3.46. The highest BCUT2D eigenvalue weighted by molar-refractivity contribution is 7.89. The molecule has 3 saturated heterocycles. The summed E-state index contributed by atoms with van der Waals surface area (Å²) >= 11 is 0. The lowest BCUT2D eigenvalue weighted by atomic mass is 9.85. The van der Waals surface area contributed by atoms with E-state index in [2.05, 4.69) is 10.2 Å². The third-order valence-electron chi connectivity index (χ3n) is 9.75. The number of carbonyl (C=O) groups excluding carboxylic acids is 2. The molecule has 4 aliphatic rings. The molecule has 0 aromatic heterocycles. The lowest BCUT2D eigenvalue weighted by Crippen LogP contribution is -2.51. The first kappa shape index (κ1) is 32.2. The van der Waals surface area contributed by atoms with Gasteiger partial charge in [-0.15, -0.1) is 0 Å². The van der Waals surface area contributed by atoms with Crippen LogP contribution in [-0.2, 0) is 29.6 Å². The Morgan fingerprint density at radius 2 is 1.60 bits per heavy atom. The van der Waals surface area contributed by atoms with Gasteiger partial charge in [-0.25, -0.2) is 25.4 Å². The molecule has 0 radical (unpaired) electrons. The Hall–Kier alpha value is -2.16. The molecule has 3 aliphatic heterocycles. The molecule has 0 saturated carbocycles. The number of hydrogen-bond donors (Lipinski definition) is 1. The highest BCUT2D eigenvalue weighted by Crippen LogP contribution is 2.37. The van der Waals surface area contributed by atoms with Crippen LogP contribution in [0.4, 0.5) is 0 Å². The smallest absolute Gasteiger partial charge is 0.255 e. The molecule has 1 aliphatic carbocycles. The highest BCUT2D eigenvalue weighted by Gasteiger charge is 2.42. The van der Waals surface area contributed by atoms with Gasteiger partial charge in [-0.2, -0.15) is 0 Å². The molecule has 3 heterocycles. The number of sulfonamides is 2. The van der Waals surface area contributed by atoms with Crippen molar-refractivity contribution >= 4 is 37.8 Å². The van der Waals surface area contributed by atoms with Crippen molar-refractivity contribution in [1.29, 1.82) is 0 Å². The highest BCUT2D eigenvalue weighted by atomic mass is 32.2. The van der Waals surface area contributed by atoms with E-state index in [1.165, 1.54) is 14.9 Å². The Morgan fingerprint density at radius 3 is 2.21 bits per heavy atom. The third-order valence-corrected chi connectivity index (χ3v) is 13.0. The van der Waals surface area contributed by atoms with E-state index in [9.17, 15) is 26.4 Å². The average molecular weight is 636 g/mol. The topological polar surface area (TPSA) is 127 Å². The second-order valence-electron chi connectivity index (χ2n) is 12.8. The fraction of sp³-hybridized carbons (Fsp3) is 0.667. The fourth-order valence-corrected chi connectivity index (χ4v) is 9.78. The van der Waals surface area contributed by atoms with E-state index in [4.69, 9.17) is 0 Å². The van der Waals surface area contributed by atoms with Crippen molar-refractivity contribution in [3.63, 3.8) is 0 Å². The van der Waals surface area contributed by atoms with Gasteiger partial charge in [0.2, 0.25) is 20.0 Å². The lowest BCUT2D eigenvalue weighted by Gasteiger charge is -2.39. The first-order valence-electron chi connectivity index (χ1n) is 15.2. The van der Waals surface area contributed by atoms with Crippen LogP contribution in [0.2, 0.25) is 0 Å². The summed E-state index contributed by atoms with van der Waals surface area (Å²) in [5.41, 5.74) is 2.00. The van der Waals surface area contributed by atoms with E-state index in [1.807, 2.05) is 43.3 Å². The molecule has 2 bridgehead atoms. The molecule has 1 N–H and O–H groups in total. The molecule has 13 heteroatoms. The number of hydrogen-bond acceptors (Lipinski definition) is 8. The molecule has 3 fully saturated rings. The lowest BCUT2D eigenvalue weighted by molar-refractivity contribution is -0.125. The number of fused-ring (bicyclic) bond motifs is 3. The Labute approximate surface area is 256 Å². The van der Waals surface area contributed by atoms with Gasteiger partial charge in [0.15, 0.2) is 5.78 Å². The van der Waals surface area contributed by atoms with Crippen LogP contribution in [0.15, 0.2) is 29.8 Å². The van der Waals surface area contributed by atoms with Crippen molar-refractivity contribution in [2.75, 3.05) is 52.8 Å². The summed E-state index contributed by atoms with van der Waals surface area (Å²) < 4.78 is 52.7. The molecule has 1 aromatic rings. The second kappa shape index (κ2) is 12.7. The van der Waals surface area contributed by atoms with Gasteiger partial charge >= 0.3 is 0 Å². The van der Waals surface area contributed by atoms with Crippen LogP contribution >= 0.6 is 0 Å². The summed E-state index contributed by atoms with van der Waals surface area (Å²) in [6.07, 6.45) is 8.00. The Morgan fingerprint density at radius 1 is 0.977 bits per heavy atom. The van der Waals surface area contributed by atoms with Gasteiger partial charge in [-0.1, -0.05) is 24.3 Å². The maximum atomic E-state index is 13.4. The fourth-order valence-electron chi connectivity index (χ4n) is 7.45. The van der Waals surface area contributed by atoms with Crippen LogP contribution in [-0.4, -0.2) is 124 Å². The maximum absolute atomic E-state index is 13.4. The molecule has 3 atom stereocenters. The summed E-state index contributed by atoms with van der Waals surface area (Å²) in [6, 6.07) is 7.53. The molecule has 1 aromatic carbocycles. The molecular formula is C30H45N5O6S2. The summed E-state index contributed by atoms with van der Waals surface area (Å²) in [4.78, 5) is 31.0. The molecule has 3 unspecified atom stereocenters. The monoisotopic (exact) mass is 635 g/mol. The van der Waals surface area contributed by atoms with Crippen LogP contribution < -0.4 is 5.32 Å². The van der Waals surface area contributed by atoms with E-state index in [-0.39, 0.29) is 47.2 Å². The van der Waals surface area contributed by atoms with Gasteiger partial charge in [-0.05, 0) is 82.8 Å². The molecule has 43 heavy (non-hydrogen) atoms. The largest absolute Gasteiger partial charge is 0.349 e. The van der Waals surface area contributed by atoms with Crippen LogP contribution in [0.3, 0.4) is 0 Å². The van der Waals surface area contributed by atoms with Crippen molar-refractivity contribution in [2.45, 2.75) is 75.2 Å². The molecule has 238 valence electrons. The molecule has 5 rings (SSSR count). The van der Waals surface area contributed by atoms with Gasteiger partial charge in [0, 0.05) is 44.3 Å². The van der Waals surface area contributed by atoms with Crippen molar-refractivity contribution in [1.82, 2.24) is 23.7 Å². The zero-order chi connectivity index (χ0) is 31.1. The Balaban J connectivity index is 1.13. The maximum Gasteiger partial charge on any atom is 0.255 e. The van der Waals surface area contributed by atoms with Crippen LogP contribution in [0.25, 0.3) is 6.08 Å². The van der Waals surface area contributed by atoms with E-state index in [0.29, 0.717) is 38.9 Å². The Kier molecular flexibility index (Phi) is 9.51. The average Bonchev–Trinajstić information content (AvgIpc) is 3.18. The van der Waals surface area contributed by atoms with Gasteiger partial charge in [0.05, 0.1) is 23.6 Å². The standard InChI is InChI=1S/C30H45N5O6S2/c1-32(2)28-26-9-6-5-8-21(26)18-27(29(28)36)30(37)31-22-19-24-10-11-25(20-22)35(24)14-7-17-43(40,41)33(3)23-12-15-34(16-13-23)42(4,38)39/h5-6,8-9,18,22-25,28H,7,10-17,19-20H2,1-4H3,(H,31,37). The molecule has 1 amide bonds. The summed E-state index contributed by atoms with van der Waals surface area (Å²) in [5, 5.41) is 3.16. The van der Waals surface area contributed by atoms with Crippen LogP contribution in [0, 0.1) is 0 Å². The predicted molar refractivity (Wildman–Crippen MR) is 166 cm³/mol. The number of carbonyl (C=O) groups is 2. The third kappa shape index (κ3) is 6.91. The van der Waals surface area contributed by atoms with E-state index in [0.717, 1.165) is 36.8 Å². The van der Waals surface area contributed by atoms with E-state index in [1.54, 1.807) is 13.1 Å². The van der Waals surface area contributed by atoms with Crippen molar-refractivity contribution in [3.05, 3.63) is 41.0 Å². The SMILES string of the molecule is CN(C)C1C(=O)C(C(=O)NC2CC3CCC(C2)N3CCCS(=O)(=O)N(C)C2CCN(S(C)(=O)=O)CC2)=Cc2ccccc21. The van der Waals surface area contributed by atoms with Gasteiger partial charge in [0.1, 0.15) is 0 Å². The summed E-state index contributed by atoms with van der Waals surface area (Å²) in [6.45, 7) is 1.36. The first-order valence-corrected chi connectivity index (χ1v) is 18.7. The first-order chi connectivity index (χ1) is 20.3.